The van der Waals surface area contributed by atoms with E-state index < -0.39 is 0 Å². The number of anilines is 1. The minimum absolute atomic E-state index is 0.911. The average molecular weight is 231 g/mol. The fraction of sp³-hybridized carbons (Fsp3) is 0.286. The number of rotatable bonds is 3. The zero-order valence-corrected chi connectivity index (χ0v) is 10.8. The summed E-state index contributed by atoms with van der Waals surface area (Å²) in [5, 5.41) is 7.68. The molecule has 0 amide bonds. The molecule has 84 valence electrons. The van der Waals surface area contributed by atoms with E-state index in [1.54, 1.807) is 11.3 Å². The van der Waals surface area contributed by atoms with Crippen LogP contribution in [0.5, 0.6) is 0 Å². The number of aryl methyl sites for hydroxylation is 3. The van der Waals surface area contributed by atoms with E-state index in [4.69, 9.17) is 0 Å². The Morgan fingerprint density at radius 1 is 1.12 bits per heavy atom. The van der Waals surface area contributed by atoms with Crippen LogP contribution in [0.2, 0.25) is 0 Å². The Balaban J connectivity index is 2.15. The number of hydrogen-bond donors (Lipinski definition) is 1. The summed E-state index contributed by atoms with van der Waals surface area (Å²) in [5.74, 6) is 0. The Kier molecular flexibility index (Phi) is 3.30. The van der Waals surface area contributed by atoms with Crippen LogP contribution < -0.4 is 5.32 Å². The highest BCUT2D eigenvalue weighted by atomic mass is 32.1. The molecule has 0 radical (unpaired) electrons. The Hall–Kier alpha value is -1.28. The summed E-state index contributed by atoms with van der Waals surface area (Å²) in [5.41, 5.74) is 6.72. The molecule has 0 fully saturated rings. The molecule has 0 unspecified atom stereocenters. The van der Waals surface area contributed by atoms with E-state index in [9.17, 15) is 0 Å². The molecule has 0 aliphatic carbocycles. The van der Waals surface area contributed by atoms with Crippen molar-refractivity contribution in [3.8, 4) is 0 Å². The zero-order valence-electron chi connectivity index (χ0n) is 10.0. The fourth-order valence-corrected chi connectivity index (χ4v) is 2.66. The van der Waals surface area contributed by atoms with E-state index in [1.807, 2.05) is 0 Å². The molecule has 0 atom stereocenters. The summed E-state index contributed by atoms with van der Waals surface area (Å²) in [6.45, 7) is 7.43. The van der Waals surface area contributed by atoms with Gasteiger partial charge in [0.25, 0.3) is 0 Å². The lowest BCUT2D eigenvalue weighted by molar-refractivity contribution is 1.08. The second kappa shape index (κ2) is 4.71. The van der Waals surface area contributed by atoms with Crippen LogP contribution in [0.1, 0.15) is 22.3 Å². The molecule has 1 nitrogen and oxygen atoms in total. The van der Waals surface area contributed by atoms with Gasteiger partial charge in [0, 0.05) is 17.6 Å². The van der Waals surface area contributed by atoms with Crippen LogP contribution in [0, 0.1) is 20.8 Å². The lowest BCUT2D eigenvalue weighted by Gasteiger charge is -2.12. The van der Waals surface area contributed by atoms with Gasteiger partial charge in [0.1, 0.15) is 0 Å². The third-order valence-electron chi connectivity index (χ3n) is 2.83. The maximum absolute atomic E-state index is 3.45. The molecule has 2 rings (SSSR count). The van der Waals surface area contributed by atoms with Crippen LogP contribution in [0.25, 0.3) is 0 Å². The molecule has 1 aromatic carbocycles. The third kappa shape index (κ3) is 2.45. The summed E-state index contributed by atoms with van der Waals surface area (Å²) in [7, 11) is 0. The first kappa shape index (κ1) is 11.2. The molecular formula is C14H17NS. The molecule has 1 N–H and O–H groups in total. The third-order valence-corrected chi connectivity index (χ3v) is 3.51. The maximum atomic E-state index is 3.45. The van der Waals surface area contributed by atoms with E-state index in [0.717, 1.165) is 6.54 Å². The predicted molar refractivity (Wildman–Crippen MR) is 72.3 cm³/mol. The van der Waals surface area contributed by atoms with Gasteiger partial charge in [0.05, 0.1) is 0 Å². The van der Waals surface area contributed by atoms with Crippen LogP contribution in [-0.2, 0) is 6.54 Å². The van der Waals surface area contributed by atoms with Crippen molar-refractivity contribution in [2.24, 2.45) is 0 Å². The minimum Gasteiger partial charge on any atom is -0.380 e. The monoisotopic (exact) mass is 231 g/mol. The van der Waals surface area contributed by atoms with Gasteiger partial charge in [0.15, 0.2) is 0 Å². The topological polar surface area (TPSA) is 12.0 Å². The first-order chi connectivity index (χ1) is 7.66. The lowest BCUT2D eigenvalue weighted by Crippen LogP contribution is -2.03. The van der Waals surface area contributed by atoms with Crippen molar-refractivity contribution in [2.45, 2.75) is 27.3 Å². The normalized spacial score (nSPS) is 10.4. The van der Waals surface area contributed by atoms with E-state index in [1.165, 1.54) is 27.9 Å². The van der Waals surface area contributed by atoms with Crippen LogP contribution >= 0.6 is 11.3 Å². The summed E-state index contributed by atoms with van der Waals surface area (Å²) in [4.78, 5) is 0. The van der Waals surface area contributed by atoms with Crippen LogP contribution in [0.3, 0.4) is 0 Å². The van der Waals surface area contributed by atoms with Gasteiger partial charge in [-0.15, -0.1) is 0 Å². The SMILES string of the molecule is Cc1cc(C)c(CNc2ccsc2)c(C)c1. The number of benzene rings is 1. The number of thiophene rings is 1. The Morgan fingerprint density at radius 2 is 1.81 bits per heavy atom. The van der Waals surface area contributed by atoms with Crippen molar-refractivity contribution >= 4 is 17.0 Å². The molecule has 1 aromatic heterocycles. The number of nitrogens with one attached hydrogen (secondary N) is 1. The minimum atomic E-state index is 0.911. The molecule has 0 saturated carbocycles. The van der Waals surface area contributed by atoms with E-state index in [0.29, 0.717) is 0 Å². The van der Waals surface area contributed by atoms with Crippen molar-refractivity contribution in [3.05, 3.63) is 51.2 Å². The van der Waals surface area contributed by atoms with Crippen molar-refractivity contribution in [3.63, 3.8) is 0 Å². The van der Waals surface area contributed by atoms with Gasteiger partial charge in [-0.3, -0.25) is 0 Å². The Morgan fingerprint density at radius 3 is 2.38 bits per heavy atom. The summed E-state index contributed by atoms with van der Waals surface area (Å²) in [6.07, 6.45) is 0. The van der Waals surface area contributed by atoms with Gasteiger partial charge in [-0.1, -0.05) is 17.7 Å². The number of hydrogen-bond acceptors (Lipinski definition) is 2. The standard InChI is InChI=1S/C14H17NS/c1-10-6-11(2)14(12(3)7-10)8-15-13-4-5-16-9-13/h4-7,9,15H,8H2,1-3H3. The van der Waals surface area contributed by atoms with E-state index in [-0.39, 0.29) is 0 Å². The van der Waals surface area contributed by atoms with Crippen LogP contribution in [-0.4, -0.2) is 0 Å². The molecule has 0 aliphatic heterocycles. The summed E-state index contributed by atoms with van der Waals surface area (Å²) < 4.78 is 0. The molecule has 2 heteroatoms. The highest BCUT2D eigenvalue weighted by Gasteiger charge is 2.03. The average Bonchev–Trinajstić information content (AvgIpc) is 2.68. The molecule has 0 aliphatic rings. The molecule has 2 aromatic rings. The maximum Gasteiger partial charge on any atom is 0.0451 e. The smallest absolute Gasteiger partial charge is 0.0451 e. The van der Waals surface area contributed by atoms with Crippen molar-refractivity contribution in [1.29, 1.82) is 0 Å². The van der Waals surface area contributed by atoms with Crippen molar-refractivity contribution in [2.75, 3.05) is 5.32 Å². The van der Waals surface area contributed by atoms with Gasteiger partial charge in [-0.2, -0.15) is 11.3 Å². The second-order valence-corrected chi connectivity index (χ2v) is 5.02. The zero-order chi connectivity index (χ0) is 11.5. The van der Waals surface area contributed by atoms with Gasteiger partial charge < -0.3 is 5.32 Å². The fourth-order valence-electron chi connectivity index (χ4n) is 2.04. The first-order valence-electron chi connectivity index (χ1n) is 5.49. The molecule has 16 heavy (non-hydrogen) atoms. The first-order valence-corrected chi connectivity index (χ1v) is 6.44. The molecule has 0 saturated heterocycles. The quantitative estimate of drug-likeness (QED) is 0.831. The Labute approximate surface area is 101 Å². The molecule has 0 bridgehead atoms. The van der Waals surface area contributed by atoms with Crippen LogP contribution in [0.4, 0.5) is 5.69 Å². The second-order valence-electron chi connectivity index (χ2n) is 4.24. The predicted octanol–water partition coefficient (Wildman–Crippen LogP) is 4.29. The van der Waals surface area contributed by atoms with E-state index in [2.05, 4.69) is 55.0 Å². The summed E-state index contributed by atoms with van der Waals surface area (Å²) >= 11 is 1.72. The lowest BCUT2D eigenvalue weighted by atomic mass is 10.00. The van der Waals surface area contributed by atoms with Gasteiger partial charge >= 0.3 is 0 Å². The van der Waals surface area contributed by atoms with Crippen molar-refractivity contribution < 1.29 is 0 Å². The van der Waals surface area contributed by atoms with E-state index >= 15 is 0 Å². The highest BCUT2D eigenvalue weighted by molar-refractivity contribution is 7.08. The highest BCUT2D eigenvalue weighted by Crippen LogP contribution is 2.19. The molecule has 1 heterocycles. The molecule has 0 spiro atoms. The largest absolute Gasteiger partial charge is 0.380 e. The van der Waals surface area contributed by atoms with Crippen molar-refractivity contribution in [1.82, 2.24) is 0 Å². The Bertz CT molecular complexity index is 448. The van der Waals surface area contributed by atoms with Crippen LogP contribution in [0.15, 0.2) is 29.0 Å². The van der Waals surface area contributed by atoms with Gasteiger partial charge in [-0.05, 0) is 48.9 Å². The summed E-state index contributed by atoms with van der Waals surface area (Å²) in [6, 6.07) is 6.61. The van der Waals surface area contributed by atoms with Gasteiger partial charge in [0.2, 0.25) is 0 Å². The van der Waals surface area contributed by atoms with Gasteiger partial charge in [-0.25, -0.2) is 0 Å². The molecular weight excluding hydrogens is 214 g/mol.